The van der Waals surface area contributed by atoms with E-state index >= 15 is 0 Å². The van der Waals surface area contributed by atoms with Gasteiger partial charge in [0, 0.05) is 0 Å². The molecule has 0 aliphatic carbocycles. The van der Waals surface area contributed by atoms with Crippen LogP contribution >= 0.6 is 0 Å². The number of hydrogen-bond donors (Lipinski definition) is 1. The summed E-state index contributed by atoms with van der Waals surface area (Å²) in [7, 11) is 0. The van der Waals surface area contributed by atoms with E-state index < -0.39 is 5.97 Å². The van der Waals surface area contributed by atoms with Crippen molar-refractivity contribution in [1.29, 1.82) is 0 Å². The molecule has 0 atom stereocenters. The standard InChI is InChI=1S/C8H5N3O2/c12-8(13)7-9-5-3-1-2-4-6(5)10-11-7/h1-4H,(H,12,13). The number of aromatic carboxylic acids is 1. The average Bonchev–Trinajstić information content (AvgIpc) is 2.17. The molecule has 0 aliphatic heterocycles. The molecule has 0 saturated heterocycles. The molecule has 0 bridgehead atoms. The Morgan fingerprint density at radius 2 is 1.85 bits per heavy atom. The van der Waals surface area contributed by atoms with Crippen LogP contribution in [-0.2, 0) is 0 Å². The van der Waals surface area contributed by atoms with Crippen LogP contribution in [-0.4, -0.2) is 26.3 Å². The molecule has 5 heteroatoms. The predicted molar refractivity (Wildman–Crippen MR) is 44.3 cm³/mol. The van der Waals surface area contributed by atoms with Crippen LogP contribution in [0.2, 0.25) is 0 Å². The highest BCUT2D eigenvalue weighted by Crippen LogP contribution is 2.05. The van der Waals surface area contributed by atoms with Gasteiger partial charge in [-0.1, -0.05) is 12.1 Å². The Hall–Kier alpha value is -2.04. The first-order chi connectivity index (χ1) is 6.27. The van der Waals surface area contributed by atoms with Crippen LogP contribution in [0.25, 0.3) is 11.0 Å². The largest absolute Gasteiger partial charge is 0.475 e. The van der Waals surface area contributed by atoms with Crippen molar-refractivity contribution in [3.8, 4) is 0 Å². The van der Waals surface area contributed by atoms with Crippen LogP contribution in [0.4, 0.5) is 0 Å². The molecule has 2 aromatic rings. The van der Waals surface area contributed by atoms with Gasteiger partial charge in [0.05, 0.1) is 5.52 Å². The van der Waals surface area contributed by atoms with Crippen molar-refractivity contribution in [3.63, 3.8) is 0 Å². The van der Waals surface area contributed by atoms with Crippen LogP contribution in [0.15, 0.2) is 24.3 Å². The van der Waals surface area contributed by atoms with Gasteiger partial charge in [-0.25, -0.2) is 9.78 Å². The molecule has 1 N–H and O–H groups in total. The molecule has 0 saturated carbocycles. The van der Waals surface area contributed by atoms with E-state index in [1.165, 1.54) is 0 Å². The maximum absolute atomic E-state index is 10.5. The van der Waals surface area contributed by atoms with Crippen molar-refractivity contribution >= 4 is 17.0 Å². The number of para-hydroxylation sites is 1. The minimum absolute atomic E-state index is 0.279. The molecule has 0 amide bonds. The first kappa shape index (κ1) is 7.60. The lowest BCUT2D eigenvalue weighted by atomic mass is 10.3. The molecule has 1 heterocycles. The first-order valence-electron chi connectivity index (χ1n) is 3.60. The fourth-order valence-corrected chi connectivity index (χ4v) is 0.972. The molecule has 0 unspecified atom stereocenters. The Morgan fingerprint density at radius 1 is 1.15 bits per heavy atom. The lowest BCUT2D eigenvalue weighted by molar-refractivity contribution is 0.0682. The predicted octanol–water partition coefficient (Wildman–Crippen LogP) is 0.723. The van der Waals surface area contributed by atoms with Gasteiger partial charge in [0.15, 0.2) is 0 Å². The van der Waals surface area contributed by atoms with Crippen LogP contribution in [0.5, 0.6) is 0 Å². The number of aromatic nitrogens is 3. The van der Waals surface area contributed by atoms with E-state index in [0.717, 1.165) is 0 Å². The highest BCUT2D eigenvalue weighted by atomic mass is 16.4. The number of carboxylic acid groups (broad SMARTS) is 1. The van der Waals surface area contributed by atoms with Crippen LogP contribution in [0.1, 0.15) is 10.6 Å². The van der Waals surface area contributed by atoms with E-state index in [0.29, 0.717) is 11.0 Å². The van der Waals surface area contributed by atoms with Crippen molar-refractivity contribution in [3.05, 3.63) is 30.1 Å². The molecule has 1 aromatic heterocycles. The van der Waals surface area contributed by atoms with Crippen molar-refractivity contribution in [2.45, 2.75) is 0 Å². The van der Waals surface area contributed by atoms with E-state index in [9.17, 15) is 4.79 Å². The number of hydrogen-bond acceptors (Lipinski definition) is 4. The summed E-state index contributed by atoms with van der Waals surface area (Å²) < 4.78 is 0. The third-order valence-corrected chi connectivity index (χ3v) is 1.55. The molecule has 64 valence electrons. The Balaban J connectivity index is 2.69. The second-order valence-electron chi connectivity index (χ2n) is 2.43. The van der Waals surface area contributed by atoms with Crippen LogP contribution in [0, 0.1) is 0 Å². The van der Waals surface area contributed by atoms with E-state index in [-0.39, 0.29) is 5.82 Å². The summed E-state index contributed by atoms with van der Waals surface area (Å²) in [6.07, 6.45) is 0. The number of rotatable bonds is 1. The zero-order chi connectivity index (χ0) is 9.26. The maximum Gasteiger partial charge on any atom is 0.375 e. The third kappa shape index (κ3) is 1.31. The number of fused-ring (bicyclic) bond motifs is 1. The molecule has 1 aromatic carbocycles. The molecule has 0 radical (unpaired) electrons. The summed E-state index contributed by atoms with van der Waals surface area (Å²) >= 11 is 0. The highest BCUT2D eigenvalue weighted by Gasteiger charge is 2.07. The zero-order valence-electron chi connectivity index (χ0n) is 6.51. The summed E-state index contributed by atoms with van der Waals surface area (Å²) in [6.45, 7) is 0. The van der Waals surface area contributed by atoms with Crippen molar-refractivity contribution in [2.24, 2.45) is 0 Å². The summed E-state index contributed by atoms with van der Waals surface area (Å²) in [5.74, 6) is -1.45. The molecule has 0 spiro atoms. The fourth-order valence-electron chi connectivity index (χ4n) is 0.972. The smallest absolute Gasteiger partial charge is 0.375 e. The lowest BCUT2D eigenvalue weighted by Gasteiger charge is -1.94. The summed E-state index contributed by atoms with van der Waals surface area (Å²) in [5.41, 5.74) is 1.13. The van der Waals surface area contributed by atoms with Gasteiger partial charge in [-0.15, -0.1) is 10.2 Å². The van der Waals surface area contributed by atoms with Gasteiger partial charge in [0.1, 0.15) is 5.52 Å². The van der Waals surface area contributed by atoms with Gasteiger partial charge in [-0.3, -0.25) is 0 Å². The minimum atomic E-state index is -1.17. The Kier molecular flexibility index (Phi) is 1.63. The summed E-state index contributed by atoms with van der Waals surface area (Å²) in [6, 6.07) is 6.97. The average molecular weight is 175 g/mol. The molecule has 0 aliphatic rings. The minimum Gasteiger partial charge on any atom is -0.475 e. The van der Waals surface area contributed by atoms with Gasteiger partial charge in [-0.2, -0.15) is 0 Å². The zero-order valence-corrected chi connectivity index (χ0v) is 6.51. The number of carbonyl (C=O) groups is 1. The van der Waals surface area contributed by atoms with Crippen LogP contribution < -0.4 is 0 Å². The molecular formula is C8H5N3O2. The van der Waals surface area contributed by atoms with Gasteiger partial charge in [0.25, 0.3) is 5.82 Å². The topological polar surface area (TPSA) is 76.0 Å². The second-order valence-corrected chi connectivity index (χ2v) is 2.43. The SMILES string of the molecule is O=C(O)c1nnc2ccccc2n1. The third-order valence-electron chi connectivity index (χ3n) is 1.55. The van der Waals surface area contributed by atoms with E-state index in [4.69, 9.17) is 5.11 Å². The quantitative estimate of drug-likeness (QED) is 0.691. The van der Waals surface area contributed by atoms with E-state index in [1.807, 2.05) is 0 Å². The van der Waals surface area contributed by atoms with E-state index in [2.05, 4.69) is 15.2 Å². The normalized spacial score (nSPS) is 10.2. The lowest BCUT2D eigenvalue weighted by Crippen LogP contribution is -2.05. The number of nitrogens with zero attached hydrogens (tertiary/aromatic N) is 3. The summed E-state index contributed by atoms with van der Waals surface area (Å²) in [5, 5.41) is 15.7. The summed E-state index contributed by atoms with van der Waals surface area (Å²) in [4.78, 5) is 14.3. The van der Waals surface area contributed by atoms with Gasteiger partial charge < -0.3 is 5.11 Å². The molecule has 0 fully saturated rings. The van der Waals surface area contributed by atoms with Gasteiger partial charge in [-0.05, 0) is 12.1 Å². The Labute approximate surface area is 73.1 Å². The number of carboxylic acids is 1. The Bertz CT molecular complexity index is 470. The molecular weight excluding hydrogens is 170 g/mol. The van der Waals surface area contributed by atoms with Gasteiger partial charge in [0.2, 0.25) is 0 Å². The molecule has 5 nitrogen and oxygen atoms in total. The molecule has 13 heavy (non-hydrogen) atoms. The van der Waals surface area contributed by atoms with Crippen LogP contribution in [0.3, 0.4) is 0 Å². The second kappa shape index (κ2) is 2.78. The Morgan fingerprint density at radius 3 is 2.54 bits per heavy atom. The number of benzene rings is 1. The first-order valence-corrected chi connectivity index (χ1v) is 3.60. The maximum atomic E-state index is 10.5. The molecule has 2 rings (SSSR count). The highest BCUT2D eigenvalue weighted by molar-refractivity contribution is 5.85. The fraction of sp³-hybridized carbons (Fsp3) is 0. The van der Waals surface area contributed by atoms with Gasteiger partial charge >= 0.3 is 5.97 Å². The monoisotopic (exact) mass is 175 g/mol. The van der Waals surface area contributed by atoms with Crippen molar-refractivity contribution in [1.82, 2.24) is 15.2 Å². The van der Waals surface area contributed by atoms with E-state index in [1.54, 1.807) is 24.3 Å². The van der Waals surface area contributed by atoms with Crippen molar-refractivity contribution in [2.75, 3.05) is 0 Å². The van der Waals surface area contributed by atoms with Crippen molar-refractivity contribution < 1.29 is 9.90 Å².